The van der Waals surface area contributed by atoms with Crippen LogP contribution in [0.15, 0.2) is 18.4 Å². The molecule has 1 rings (SSSR count). The predicted octanol–water partition coefficient (Wildman–Crippen LogP) is 5.84. The highest BCUT2D eigenvalue weighted by molar-refractivity contribution is 6.76. The van der Waals surface area contributed by atoms with Crippen LogP contribution in [0.5, 0.6) is 0 Å². The first-order valence-electron chi connectivity index (χ1n) is 10.9. The monoisotopic (exact) mass is 454 g/mol. The molecular formula is C22H42N2O4Si2. The number of hydrogen-bond donors (Lipinski definition) is 0. The van der Waals surface area contributed by atoms with Crippen molar-refractivity contribution in [1.29, 1.82) is 0 Å². The van der Waals surface area contributed by atoms with E-state index in [-0.39, 0.29) is 17.7 Å². The molecule has 0 aliphatic heterocycles. The summed E-state index contributed by atoms with van der Waals surface area (Å²) in [5, 5.41) is 4.75. The van der Waals surface area contributed by atoms with E-state index in [0.717, 1.165) is 24.6 Å². The summed E-state index contributed by atoms with van der Waals surface area (Å²) in [4.78, 5) is 12.3. The molecule has 0 spiro atoms. The summed E-state index contributed by atoms with van der Waals surface area (Å²) >= 11 is 0. The number of allylic oxidation sites excluding steroid dienone is 1. The lowest BCUT2D eigenvalue weighted by atomic mass is 10.2. The van der Waals surface area contributed by atoms with Crippen LogP contribution in [0.25, 0.3) is 0 Å². The van der Waals surface area contributed by atoms with E-state index in [1.165, 1.54) is 0 Å². The molecule has 6 nitrogen and oxygen atoms in total. The first kappa shape index (κ1) is 26.6. The molecule has 172 valence electrons. The Morgan fingerprint density at radius 1 is 1.20 bits per heavy atom. The van der Waals surface area contributed by atoms with Crippen molar-refractivity contribution < 1.29 is 18.7 Å². The topological polar surface area (TPSA) is 62.6 Å². The molecule has 0 fully saturated rings. The van der Waals surface area contributed by atoms with Crippen molar-refractivity contribution in [3.63, 3.8) is 0 Å². The number of rotatable bonds is 12. The fourth-order valence-corrected chi connectivity index (χ4v) is 3.83. The number of esters is 1. The van der Waals surface area contributed by atoms with Gasteiger partial charge in [0.15, 0.2) is 0 Å². The van der Waals surface area contributed by atoms with Gasteiger partial charge in [0.1, 0.15) is 12.4 Å². The van der Waals surface area contributed by atoms with Crippen molar-refractivity contribution in [3.05, 3.63) is 29.8 Å². The Morgan fingerprint density at radius 2 is 1.87 bits per heavy atom. The SMILES string of the molecule is CCOC(=O)c1cc(CCC=CO[Si](C)(C)C(C)(C)C)nn1COCC[Si](C)(C)C. The molecule has 0 atom stereocenters. The molecular weight excluding hydrogens is 412 g/mol. The molecule has 0 saturated carbocycles. The van der Waals surface area contributed by atoms with E-state index in [1.54, 1.807) is 11.6 Å². The van der Waals surface area contributed by atoms with Crippen molar-refractivity contribution in [2.75, 3.05) is 13.2 Å². The van der Waals surface area contributed by atoms with Gasteiger partial charge in [-0.15, -0.1) is 0 Å². The smallest absolute Gasteiger partial charge is 0.356 e. The Balaban J connectivity index is 2.69. The van der Waals surface area contributed by atoms with Crippen molar-refractivity contribution in [3.8, 4) is 0 Å². The third kappa shape index (κ3) is 9.18. The third-order valence-corrected chi connectivity index (χ3v) is 11.4. The van der Waals surface area contributed by atoms with Crippen LogP contribution in [0, 0.1) is 0 Å². The van der Waals surface area contributed by atoms with Crippen molar-refractivity contribution >= 4 is 22.4 Å². The molecule has 0 aromatic carbocycles. The largest absolute Gasteiger partial charge is 0.549 e. The van der Waals surface area contributed by atoms with E-state index in [9.17, 15) is 4.79 Å². The Labute approximate surface area is 185 Å². The molecule has 0 saturated heterocycles. The number of aryl methyl sites for hydroxylation is 1. The molecule has 8 heteroatoms. The molecule has 0 bridgehead atoms. The van der Waals surface area contributed by atoms with Crippen LogP contribution in [0.3, 0.4) is 0 Å². The Kier molecular flexibility index (Phi) is 10.0. The summed E-state index contributed by atoms with van der Waals surface area (Å²) < 4.78 is 18.6. The predicted molar refractivity (Wildman–Crippen MR) is 128 cm³/mol. The van der Waals surface area contributed by atoms with Gasteiger partial charge >= 0.3 is 5.97 Å². The van der Waals surface area contributed by atoms with E-state index in [4.69, 9.17) is 13.9 Å². The van der Waals surface area contributed by atoms with Crippen LogP contribution in [-0.4, -0.2) is 45.4 Å². The first-order valence-corrected chi connectivity index (χ1v) is 17.5. The van der Waals surface area contributed by atoms with Gasteiger partial charge < -0.3 is 13.9 Å². The summed E-state index contributed by atoms with van der Waals surface area (Å²) in [5.41, 5.74) is 1.30. The number of nitrogens with zero attached hydrogens (tertiary/aromatic N) is 2. The van der Waals surface area contributed by atoms with E-state index >= 15 is 0 Å². The molecule has 0 aliphatic carbocycles. The fraction of sp³-hybridized carbons (Fsp3) is 0.727. The maximum atomic E-state index is 12.3. The lowest BCUT2D eigenvalue weighted by Crippen LogP contribution is -2.39. The molecule has 1 heterocycles. The van der Waals surface area contributed by atoms with Gasteiger partial charge in [-0.2, -0.15) is 5.10 Å². The maximum Gasteiger partial charge on any atom is 0.356 e. The zero-order valence-corrected chi connectivity index (χ0v) is 22.5. The summed E-state index contributed by atoms with van der Waals surface area (Å²) in [6.45, 7) is 21.2. The molecule has 0 amide bonds. The Morgan fingerprint density at radius 3 is 2.43 bits per heavy atom. The van der Waals surface area contributed by atoms with Crippen LogP contribution in [0.1, 0.15) is 50.3 Å². The first-order chi connectivity index (χ1) is 13.8. The molecule has 0 unspecified atom stereocenters. The zero-order chi connectivity index (χ0) is 23.0. The molecule has 1 aromatic heterocycles. The number of hydrogen-bond acceptors (Lipinski definition) is 5. The van der Waals surface area contributed by atoms with E-state index in [0.29, 0.717) is 18.9 Å². The molecule has 0 radical (unpaired) electrons. The van der Waals surface area contributed by atoms with Crippen LogP contribution >= 0.6 is 0 Å². The fourth-order valence-electron chi connectivity index (χ4n) is 2.28. The van der Waals surface area contributed by atoms with Gasteiger partial charge in [-0.1, -0.05) is 46.5 Å². The van der Waals surface area contributed by atoms with E-state index < -0.39 is 16.4 Å². The van der Waals surface area contributed by atoms with Gasteiger partial charge in [0, 0.05) is 14.7 Å². The number of carbonyl (C=O) groups is 1. The van der Waals surface area contributed by atoms with Gasteiger partial charge in [0.2, 0.25) is 8.32 Å². The Hall–Kier alpha value is -1.39. The van der Waals surface area contributed by atoms with Gasteiger partial charge in [-0.25, -0.2) is 9.48 Å². The zero-order valence-electron chi connectivity index (χ0n) is 20.5. The molecule has 1 aromatic rings. The summed E-state index contributed by atoms with van der Waals surface area (Å²) in [6.07, 6.45) is 5.39. The average Bonchev–Trinajstić information content (AvgIpc) is 3.00. The summed E-state index contributed by atoms with van der Waals surface area (Å²) in [5.74, 6) is -0.359. The maximum absolute atomic E-state index is 12.3. The molecule has 0 aliphatic rings. The Bertz CT molecular complexity index is 701. The van der Waals surface area contributed by atoms with Crippen LogP contribution in [0.4, 0.5) is 0 Å². The van der Waals surface area contributed by atoms with Crippen molar-refractivity contribution in [2.45, 2.75) is 91.1 Å². The van der Waals surface area contributed by atoms with Gasteiger partial charge in [-0.3, -0.25) is 0 Å². The lowest BCUT2D eigenvalue weighted by Gasteiger charge is -2.34. The van der Waals surface area contributed by atoms with Crippen LogP contribution in [-0.2, 0) is 27.1 Å². The van der Waals surface area contributed by atoms with Crippen molar-refractivity contribution in [1.82, 2.24) is 9.78 Å². The van der Waals surface area contributed by atoms with Crippen LogP contribution < -0.4 is 0 Å². The quantitative estimate of drug-likeness (QED) is 0.172. The minimum atomic E-state index is -1.78. The highest BCUT2D eigenvalue weighted by atomic mass is 28.4. The second kappa shape index (κ2) is 11.3. The highest BCUT2D eigenvalue weighted by Crippen LogP contribution is 2.36. The van der Waals surface area contributed by atoms with Gasteiger partial charge in [0.25, 0.3) is 0 Å². The second-order valence-corrected chi connectivity index (χ2v) is 20.8. The van der Waals surface area contributed by atoms with E-state index in [1.807, 2.05) is 18.4 Å². The minimum Gasteiger partial charge on any atom is -0.549 e. The lowest BCUT2D eigenvalue weighted by molar-refractivity contribution is 0.0455. The van der Waals surface area contributed by atoms with E-state index in [2.05, 4.69) is 58.6 Å². The normalized spacial score (nSPS) is 13.1. The number of aromatic nitrogens is 2. The highest BCUT2D eigenvalue weighted by Gasteiger charge is 2.37. The van der Waals surface area contributed by atoms with Crippen molar-refractivity contribution in [2.24, 2.45) is 0 Å². The number of carbonyl (C=O) groups excluding carboxylic acids is 1. The second-order valence-electron chi connectivity index (χ2n) is 10.4. The molecule has 30 heavy (non-hydrogen) atoms. The summed E-state index contributed by atoms with van der Waals surface area (Å²) in [6, 6.07) is 2.89. The average molecular weight is 455 g/mol. The van der Waals surface area contributed by atoms with Crippen LogP contribution in [0.2, 0.25) is 43.8 Å². The van der Waals surface area contributed by atoms with Gasteiger partial charge in [0.05, 0.1) is 18.6 Å². The third-order valence-electron chi connectivity index (χ3n) is 5.36. The minimum absolute atomic E-state index is 0.181. The van der Waals surface area contributed by atoms with Gasteiger partial charge in [-0.05, 0) is 50.0 Å². The molecule has 0 N–H and O–H groups in total. The summed E-state index contributed by atoms with van der Waals surface area (Å²) in [7, 11) is -2.93. The number of ether oxygens (including phenoxy) is 2. The standard InChI is InChI=1S/C22H42N2O4Si2/c1-10-27-21(25)20-17-19(23-24(20)18-26-15-16-29(5,6)7)13-11-12-14-28-30(8,9)22(2,3)4/h12,14,17H,10-11,13,15-16,18H2,1-9H3.